The molecule has 106 valence electrons. The van der Waals surface area contributed by atoms with E-state index in [1.54, 1.807) is 6.92 Å². The summed E-state index contributed by atoms with van der Waals surface area (Å²) in [5.74, 6) is 0.221. The number of hydrogen-bond acceptors (Lipinski definition) is 6. The van der Waals surface area contributed by atoms with Crippen molar-refractivity contribution in [3.63, 3.8) is 0 Å². The minimum atomic E-state index is -0.354. The van der Waals surface area contributed by atoms with Gasteiger partial charge in [0.2, 0.25) is 0 Å². The van der Waals surface area contributed by atoms with Crippen molar-refractivity contribution in [2.24, 2.45) is 5.92 Å². The van der Waals surface area contributed by atoms with Crippen molar-refractivity contribution in [2.45, 2.75) is 52.2 Å². The Balaban J connectivity index is 1.92. The molecule has 1 heterocycles. The topological polar surface area (TPSA) is 61.3 Å². The van der Waals surface area contributed by atoms with Crippen molar-refractivity contribution in [3.05, 3.63) is 10.6 Å². The van der Waals surface area contributed by atoms with Crippen LogP contribution in [0.1, 0.15) is 54.9 Å². The number of ether oxygens (including phenoxy) is 2. The van der Waals surface area contributed by atoms with Crippen molar-refractivity contribution >= 4 is 17.5 Å². The SMILES string of the molecule is CCOC(=O)c1snnc1COC1CCCCC1C. The van der Waals surface area contributed by atoms with E-state index in [9.17, 15) is 4.79 Å². The monoisotopic (exact) mass is 284 g/mol. The van der Waals surface area contributed by atoms with Crippen LogP contribution in [-0.2, 0) is 16.1 Å². The first kappa shape index (κ1) is 14.4. The molecule has 0 N–H and O–H groups in total. The summed E-state index contributed by atoms with van der Waals surface area (Å²) in [5.41, 5.74) is 0.598. The Morgan fingerprint density at radius 2 is 2.21 bits per heavy atom. The van der Waals surface area contributed by atoms with Gasteiger partial charge in [-0.3, -0.25) is 0 Å². The fourth-order valence-corrected chi connectivity index (χ4v) is 2.93. The van der Waals surface area contributed by atoms with Crippen LogP contribution in [0.5, 0.6) is 0 Å². The molecule has 0 bridgehead atoms. The summed E-state index contributed by atoms with van der Waals surface area (Å²) >= 11 is 1.07. The Morgan fingerprint density at radius 1 is 1.42 bits per heavy atom. The van der Waals surface area contributed by atoms with E-state index in [0.29, 0.717) is 29.7 Å². The van der Waals surface area contributed by atoms with Crippen LogP contribution in [0.15, 0.2) is 0 Å². The van der Waals surface area contributed by atoms with Crippen molar-refractivity contribution in [1.29, 1.82) is 0 Å². The minimum absolute atomic E-state index is 0.269. The highest BCUT2D eigenvalue weighted by molar-refractivity contribution is 7.07. The number of nitrogens with zero attached hydrogens (tertiary/aromatic N) is 2. The summed E-state index contributed by atoms with van der Waals surface area (Å²) in [6, 6.07) is 0. The van der Waals surface area contributed by atoms with Crippen LogP contribution in [0.3, 0.4) is 0 Å². The van der Waals surface area contributed by atoms with Crippen LogP contribution in [0.25, 0.3) is 0 Å². The molecule has 1 aliphatic rings. The lowest BCUT2D eigenvalue weighted by molar-refractivity contribution is -0.0172. The zero-order valence-electron chi connectivity index (χ0n) is 11.4. The van der Waals surface area contributed by atoms with Gasteiger partial charge in [0, 0.05) is 0 Å². The predicted octanol–water partition coefficient (Wildman–Crippen LogP) is 2.81. The molecule has 0 amide bonds. The summed E-state index contributed by atoms with van der Waals surface area (Å²) < 4.78 is 14.7. The molecule has 0 aromatic carbocycles. The van der Waals surface area contributed by atoms with Gasteiger partial charge in [-0.1, -0.05) is 24.3 Å². The fraction of sp³-hybridized carbons (Fsp3) is 0.769. The smallest absolute Gasteiger partial charge is 0.352 e. The lowest BCUT2D eigenvalue weighted by Gasteiger charge is -2.28. The molecule has 0 aliphatic heterocycles. The second-order valence-corrected chi connectivity index (χ2v) is 5.63. The average Bonchev–Trinajstić information content (AvgIpc) is 2.86. The summed E-state index contributed by atoms with van der Waals surface area (Å²) in [6.07, 6.45) is 5.08. The second-order valence-electron chi connectivity index (χ2n) is 4.88. The highest BCUT2D eigenvalue weighted by atomic mass is 32.1. The summed E-state index contributed by atoms with van der Waals surface area (Å²) in [4.78, 5) is 12.2. The molecule has 1 fully saturated rings. The number of aromatic nitrogens is 2. The largest absolute Gasteiger partial charge is 0.462 e. The van der Waals surface area contributed by atoms with Crippen LogP contribution in [0, 0.1) is 5.92 Å². The van der Waals surface area contributed by atoms with E-state index in [2.05, 4.69) is 16.5 Å². The Hall–Kier alpha value is -1.01. The highest BCUT2D eigenvalue weighted by Crippen LogP contribution is 2.27. The Bertz CT molecular complexity index is 422. The maximum Gasteiger partial charge on any atom is 0.352 e. The van der Waals surface area contributed by atoms with Crippen LogP contribution in [0.4, 0.5) is 0 Å². The van der Waals surface area contributed by atoms with Crippen molar-refractivity contribution in [3.8, 4) is 0 Å². The summed E-state index contributed by atoms with van der Waals surface area (Å²) in [5, 5.41) is 3.97. The Morgan fingerprint density at radius 3 is 2.95 bits per heavy atom. The molecule has 2 unspecified atom stereocenters. The Labute approximate surface area is 117 Å². The zero-order valence-corrected chi connectivity index (χ0v) is 12.2. The van der Waals surface area contributed by atoms with Gasteiger partial charge in [0.25, 0.3) is 0 Å². The van der Waals surface area contributed by atoms with Crippen LogP contribution < -0.4 is 0 Å². The van der Waals surface area contributed by atoms with E-state index in [4.69, 9.17) is 9.47 Å². The lowest BCUT2D eigenvalue weighted by atomic mass is 9.88. The minimum Gasteiger partial charge on any atom is -0.462 e. The van der Waals surface area contributed by atoms with Gasteiger partial charge in [-0.05, 0) is 37.2 Å². The van der Waals surface area contributed by atoms with Gasteiger partial charge in [0.15, 0.2) is 4.88 Å². The molecule has 2 atom stereocenters. The molecule has 19 heavy (non-hydrogen) atoms. The number of hydrogen-bond donors (Lipinski definition) is 0. The third-order valence-electron chi connectivity index (χ3n) is 3.48. The van der Waals surface area contributed by atoms with Crippen LogP contribution >= 0.6 is 11.5 Å². The van der Waals surface area contributed by atoms with Gasteiger partial charge >= 0.3 is 5.97 Å². The maximum atomic E-state index is 11.7. The number of carbonyl (C=O) groups is 1. The van der Waals surface area contributed by atoms with Gasteiger partial charge in [-0.15, -0.1) is 5.10 Å². The summed E-state index contributed by atoms with van der Waals surface area (Å²) in [6.45, 7) is 4.71. The molecule has 0 radical (unpaired) electrons. The molecule has 2 rings (SSSR count). The second kappa shape index (κ2) is 6.96. The Kier molecular flexibility index (Phi) is 5.27. The molecule has 1 aromatic heterocycles. The van der Waals surface area contributed by atoms with E-state index in [1.807, 2.05) is 0 Å². The normalized spacial score (nSPS) is 23.3. The van der Waals surface area contributed by atoms with Crippen molar-refractivity contribution in [1.82, 2.24) is 9.59 Å². The van der Waals surface area contributed by atoms with Gasteiger partial charge in [-0.2, -0.15) is 0 Å². The standard InChI is InChI=1S/C13H20N2O3S/c1-3-17-13(16)12-10(14-15-19-12)8-18-11-7-5-4-6-9(11)2/h9,11H,3-8H2,1-2H3. The first-order valence-corrected chi connectivity index (χ1v) is 7.59. The quantitative estimate of drug-likeness (QED) is 0.778. The number of esters is 1. The fourth-order valence-electron chi connectivity index (χ4n) is 2.37. The third-order valence-corrected chi connectivity index (χ3v) is 4.23. The van der Waals surface area contributed by atoms with E-state index < -0.39 is 0 Å². The summed E-state index contributed by atoms with van der Waals surface area (Å²) in [7, 11) is 0. The zero-order chi connectivity index (χ0) is 13.7. The average molecular weight is 284 g/mol. The maximum absolute atomic E-state index is 11.7. The first-order valence-electron chi connectivity index (χ1n) is 6.82. The van der Waals surface area contributed by atoms with Crippen molar-refractivity contribution < 1.29 is 14.3 Å². The van der Waals surface area contributed by atoms with Gasteiger partial charge < -0.3 is 9.47 Å². The van der Waals surface area contributed by atoms with Crippen LogP contribution in [-0.4, -0.2) is 28.3 Å². The molecule has 1 saturated carbocycles. The van der Waals surface area contributed by atoms with E-state index in [-0.39, 0.29) is 12.1 Å². The van der Waals surface area contributed by atoms with E-state index >= 15 is 0 Å². The molecule has 1 aliphatic carbocycles. The number of carbonyl (C=O) groups excluding carboxylic acids is 1. The highest BCUT2D eigenvalue weighted by Gasteiger charge is 2.24. The van der Waals surface area contributed by atoms with Gasteiger partial charge in [-0.25, -0.2) is 4.79 Å². The third kappa shape index (κ3) is 3.73. The molecule has 1 aromatic rings. The van der Waals surface area contributed by atoms with Gasteiger partial charge in [0.1, 0.15) is 5.69 Å². The molecule has 6 heteroatoms. The van der Waals surface area contributed by atoms with Crippen molar-refractivity contribution in [2.75, 3.05) is 6.61 Å². The van der Waals surface area contributed by atoms with E-state index in [1.165, 1.54) is 19.3 Å². The van der Waals surface area contributed by atoms with E-state index in [0.717, 1.165) is 18.0 Å². The first-order chi connectivity index (χ1) is 9.22. The molecular weight excluding hydrogens is 264 g/mol. The van der Waals surface area contributed by atoms with Gasteiger partial charge in [0.05, 0.1) is 19.3 Å². The molecule has 0 saturated heterocycles. The predicted molar refractivity (Wildman–Crippen MR) is 72.1 cm³/mol. The lowest BCUT2D eigenvalue weighted by Crippen LogP contribution is -2.25. The molecule has 5 nitrogen and oxygen atoms in total. The molecular formula is C13H20N2O3S. The number of rotatable bonds is 5. The van der Waals surface area contributed by atoms with Crippen LogP contribution in [0.2, 0.25) is 0 Å². The molecule has 0 spiro atoms.